The number of anilines is 1. The van der Waals surface area contributed by atoms with Gasteiger partial charge in [-0.25, -0.2) is 4.79 Å². The molecule has 3 amide bonds. The number of hydrogen-bond acceptors (Lipinski definition) is 4. The van der Waals surface area contributed by atoms with Crippen molar-refractivity contribution in [3.05, 3.63) is 29.8 Å². The lowest BCUT2D eigenvalue weighted by molar-refractivity contribution is -0.136. The third kappa shape index (κ3) is 6.24. The average Bonchev–Trinajstić information content (AvgIpc) is 3.14. The third-order valence-corrected chi connectivity index (χ3v) is 6.13. The fourth-order valence-corrected chi connectivity index (χ4v) is 4.03. The van der Waals surface area contributed by atoms with E-state index in [0.717, 1.165) is 18.5 Å². The van der Waals surface area contributed by atoms with E-state index >= 15 is 0 Å². The van der Waals surface area contributed by atoms with Crippen molar-refractivity contribution in [2.75, 3.05) is 25.5 Å². The smallest absolute Gasteiger partial charge is 0.316 e. The predicted octanol–water partition coefficient (Wildman–Crippen LogP) is 3.68. The fraction of sp³-hybridized carbons (Fsp3) is 0.640. The first-order chi connectivity index (χ1) is 14.8. The lowest BCUT2D eigenvalue weighted by Gasteiger charge is -2.35. The van der Waals surface area contributed by atoms with Gasteiger partial charge in [0.05, 0.1) is 6.04 Å². The van der Waals surface area contributed by atoms with Crippen molar-refractivity contribution in [3.63, 3.8) is 0 Å². The number of carbonyl (C=O) groups is 3. The Labute approximate surface area is 192 Å². The first kappa shape index (κ1) is 25.7. The molecule has 7 heteroatoms. The SMILES string of the molecule is CC(C)C(NC(=O)NC(C(=O)N1CCCC1C)C(C)(C)C)C(=O)c1ccc(N(C)C)cc1. The van der Waals surface area contributed by atoms with Crippen LogP contribution in [0, 0.1) is 11.3 Å². The highest BCUT2D eigenvalue weighted by Gasteiger charge is 2.39. The third-order valence-electron chi connectivity index (χ3n) is 6.13. The van der Waals surface area contributed by atoms with E-state index in [2.05, 4.69) is 10.6 Å². The Hall–Kier alpha value is -2.57. The number of urea groups is 1. The molecule has 3 unspecified atom stereocenters. The highest BCUT2D eigenvalue weighted by molar-refractivity contribution is 6.02. The molecule has 1 aromatic rings. The zero-order valence-corrected chi connectivity index (χ0v) is 20.9. The van der Waals surface area contributed by atoms with Gasteiger partial charge in [0.25, 0.3) is 0 Å². The first-order valence-corrected chi connectivity index (χ1v) is 11.5. The second-order valence-electron chi connectivity index (χ2n) is 10.5. The zero-order chi connectivity index (χ0) is 24.2. The van der Waals surface area contributed by atoms with Crippen LogP contribution in [-0.4, -0.2) is 61.4 Å². The topological polar surface area (TPSA) is 81.8 Å². The number of likely N-dealkylation sites (tertiary alicyclic amines) is 1. The number of hydrogen-bond donors (Lipinski definition) is 2. The summed E-state index contributed by atoms with van der Waals surface area (Å²) in [5, 5.41) is 5.70. The minimum absolute atomic E-state index is 0.0654. The molecule has 7 nitrogen and oxygen atoms in total. The molecule has 0 aromatic heterocycles. The molecule has 1 aliphatic rings. The number of Topliss-reactive ketones (excluding diaryl/α,β-unsaturated/α-hetero) is 1. The summed E-state index contributed by atoms with van der Waals surface area (Å²) >= 11 is 0. The van der Waals surface area contributed by atoms with Crippen LogP contribution in [0.2, 0.25) is 0 Å². The van der Waals surface area contributed by atoms with Crippen molar-refractivity contribution in [1.82, 2.24) is 15.5 Å². The Morgan fingerprint density at radius 2 is 1.66 bits per heavy atom. The molecule has 1 saturated heterocycles. The second kappa shape index (κ2) is 10.4. The van der Waals surface area contributed by atoms with E-state index in [0.29, 0.717) is 12.1 Å². The van der Waals surface area contributed by atoms with Gasteiger partial charge >= 0.3 is 6.03 Å². The molecular weight excluding hydrogens is 404 g/mol. The van der Waals surface area contributed by atoms with Crippen LogP contribution in [0.3, 0.4) is 0 Å². The number of amides is 3. The van der Waals surface area contributed by atoms with Crippen molar-refractivity contribution >= 4 is 23.4 Å². The van der Waals surface area contributed by atoms with Crippen molar-refractivity contribution in [1.29, 1.82) is 0 Å². The highest BCUT2D eigenvalue weighted by atomic mass is 16.2. The molecule has 0 radical (unpaired) electrons. The molecule has 1 aliphatic heterocycles. The Morgan fingerprint density at radius 1 is 1.06 bits per heavy atom. The molecule has 1 fully saturated rings. The Balaban J connectivity index is 2.14. The predicted molar refractivity (Wildman–Crippen MR) is 129 cm³/mol. The number of ketones is 1. The van der Waals surface area contributed by atoms with Crippen molar-refractivity contribution < 1.29 is 14.4 Å². The zero-order valence-electron chi connectivity index (χ0n) is 20.9. The van der Waals surface area contributed by atoms with Crippen LogP contribution in [0.1, 0.15) is 64.7 Å². The summed E-state index contributed by atoms with van der Waals surface area (Å²) in [7, 11) is 3.88. The van der Waals surface area contributed by atoms with Gasteiger partial charge in [-0.1, -0.05) is 34.6 Å². The second-order valence-corrected chi connectivity index (χ2v) is 10.5. The first-order valence-electron chi connectivity index (χ1n) is 11.5. The van der Waals surface area contributed by atoms with E-state index in [4.69, 9.17) is 0 Å². The van der Waals surface area contributed by atoms with Gasteiger partial charge in [0.1, 0.15) is 6.04 Å². The van der Waals surface area contributed by atoms with E-state index < -0.39 is 23.5 Å². The molecular formula is C25H40N4O3. The number of benzene rings is 1. The molecule has 0 saturated carbocycles. The summed E-state index contributed by atoms with van der Waals surface area (Å²) in [4.78, 5) is 43.1. The van der Waals surface area contributed by atoms with Crippen LogP contribution in [0.15, 0.2) is 24.3 Å². The summed E-state index contributed by atoms with van der Waals surface area (Å²) in [6.45, 7) is 12.4. The molecule has 0 spiro atoms. The van der Waals surface area contributed by atoms with E-state index in [9.17, 15) is 14.4 Å². The van der Waals surface area contributed by atoms with Gasteiger partial charge in [0, 0.05) is 37.9 Å². The van der Waals surface area contributed by atoms with Crippen molar-refractivity contribution in [2.24, 2.45) is 11.3 Å². The quantitative estimate of drug-likeness (QED) is 0.629. The van der Waals surface area contributed by atoms with Crippen LogP contribution >= 0.6 is 0 Å². The average molecular weight is 445 g/mol. The van der Waals surface area contributed by atoms with Gasteiger partial charge in [-0.3, -0.25) is 9.59 Å². The van der Waals surface area contributed by atoms with E-state index in [1.807, 2.05) is 77.6 Å². The van der Waals surface area contributed by atoms with Gasteiger partial charge in [-0.05, 0) is 55.4 Å². The molecule has 0 aliphatic carbocycles. The molecule has 1 heterocycles. The number of rotatable bonds is 7. The Morgan fingerprint density at radius 3 is 2.09 bits per heavy atom. The standard InChI is InChI=1S/C25H40N4O3/c1-16(2)20(21(30)18-11-13-19(14-12-18)28(7)8)26-24(32)27-22(25(4,5)6)23(31)29-15-9-10-17(29)3/h11-14,16-17,20,22H,9-10,15H2,1-8H3,(H2,26,27,32). The van der Waals surface area contributed by atoms with Crippen LogP contribution in [0.5, 0.6) is 0 Å². The normalized spacial score (nSPS) is 18.3. The van der Waals surface area contributed by atoms with Crippen LogP contribution in [0.25, 0.3) is 0 Å². The fourth-order valence-electron chi connectivity index (χ4n) is 4.03. The maximum Gasteiger partial charge on any atom is 0.316 e. The maximum atomic E-state index is 13.2. The van der Waals surface area contributed by atoms with Crippen molar-refractivity contribution in [3.8, 4) is 0 Å². The molecule has 178 valence electrons. The van der Waals surface area contributed by atoms with Crippen LogP contribution < -0.4 is 15.5 Å². The van der Waals surface area contributed by atoms with Crippen LogP contribution in [0.4, 0.5) is 10.5 Å². The van der Waals surface area contributed by atoms with Gasteiger partial charge in [0.15, 0.2) is 5.78 Å². The van der Waals surface area contributed by atoms with Gasteiger partial charge in [-0.2, -0.15) is 0 Å². The Kier molecular flexibility index (Phi) is 8.32. The molecule has 32 heavy (non-hydrogen) atoms. The number of nitrogens with one attached hydrogen (secondary N) is 2. The minimum Gasteiger partial charge on any atom is -0.378 e. The summed E-state index contributed by atoms with van der Waals surface area (Å²) in [5.74, 6) is -0.319. The van der Waals surface area contributed by atoms with Gasteiger partial charge < -0.3 is 20.4 Å². The number of carbonyl (C=O) groups excluding carboxylic acids is 3. The Bertz CT molecular complexity index is 811. The minimum atomic E-state index is -0.693. The molecule has 1 aromatic carbocycles. The lowest BCUT2D eigenvalue weighted by atomic mass is 9.85. The molecule has 3 atom stereocenters. The molecule has 2 rings (SSSR count). The van der Waals surface area contributed by atoms with Gasteiger partial charge in [0.2, 0.25) is 5.91 Å². The molecule has 2 N–H and O–H groups in total. The maximum absolute atomic E-state index is 13.2. The van der Waals surface area contributed by atoms with E-state index in [-0.39, 0.29) is 23.7 Å². The van der Waals surface area contributed by atoms with E-state index in [1.54, 1.807) is 12.1 Å². The van der Waals surface area contributed by atoms with Crippen LogP contribution in [-0.2, 0) is 4.79 Å². The largest absolute Gasteiger partial charge is 0.378 e. The monoisotopic (exact) mass is 444 g/mol. The van der Waals surface area contributed by atoms with Crippen molar-refractivity contribution in [2.45, 2.75) is 72.5 Å². The highest BCUT2D eigenvalue weighted by Crippen LogP contribution is 2.25. The summed E-state index contributed by atoms with van der Waals surface area (Å²) in [5.41, 5.74) is 1.08. The molecule has 0 bridgehead atoms. The lowest BCUT2D eigenvalue weighted by Crippen LogP contribution is -2.59. The summed E-state index contributed by atoms with van der Waals surface area (Å²) < 4.78 is 0. The number of nitrogens with zero attached hydrogens (tertiary/aromatic N) is 2. The summed E-state index contributed by atoms with van der Waals surface area (Å²) in [6, 6.07) is 5.64. The van der Waals surface area contributed by atoms with Gasteiger partial charge in [-0.15, -0.1) is 0 Å². The van der Waals surface area contributed by atoms with E-state index in [1.165, 1.54) is 0 Å². The summed E-state index contributed by atoms with van der Waals surface area (Å²) in [6.07, 6.45) is 1.96.